The van der Waals surface area contributed by atoms with E-state index in [-0.39, 0.29) is 24.6 Å². The van der Waals surface area contributed by atoms with Crippen LogP contribution in [0, 0.1) is 10.1 Å². The molecule has 31 heavy (non-hydrogen) atoms. The molecule has 0 unspecified atom stereocenters. The molecular formula is C20H15N3O6S2. The van der Waals surface area contributed by atoms with Crippen LogP contribution in [0.5, 0.6) is 5.75 Å². The van der Waals surface area contributed by atoms with Crippen LogP contribution < -0.4 is 10.3 Å². The number of aromatic nitrogens is 2. The fraction of sp³-hybridized carbons (Fsp3) is 0.200. The van der Waals surface area contributed by atoms with E-state index in [1.54, 1.807) is 18.4 Å². The van der Waals surface area contributed by atoms with Crippen molar-refractivity contribution in [2.24, 2.45) is 0 Å². The number of thioether (sulfide) groups is 1. The molecule has 0 radical (unpaired) electrons. The highest BCUT2D eigenvalue weighted by Crippen LogP contribution is 2.35. The first-order valence-electron chi connectivity index (χ1n) is 9.23. The van der Waals surface area contributed by atoms with E-state index in [4.69, 9.17) is 13.9 Å². The molecule has 5 rings (SSSR count). The highest BCUT2D eigenvalue weighted by molar-refractivity contribution is 7.97. The summed E-state index contributed by atoms with van der Waals surface area (Å²) in [5, 5.41) is 13.6. The molecule has 1 N–H and O–H groups in total. The summed E-state index contributed by atoms with van der Waals surface area (Å²) in [6.45, 7) is 0.390. The molecule has 158 valence electrons. The van der Waals surface area contributed by atoms with Crippen LogP contribution in [-0.4, -0.2) is 21.7 Å². The van der Waals surface area contributed by atoms with E-state index >= 15 is 0 Å². The summed E-state index contributed by atoms with van der Waals surface area (Å²) in [4.78, 5) is 31.5. The summed E-state index contributed by atoms with van der Waals surface area (Å²) in [6.07, 6.45) is 1.56. The minimum absolute atomic E-state index is 0.000410. The van der Waals surface area contributed by atoms with Gasteiger partial charge in [0, 0.05) is 40.0 Å². The standard InChI is InChI=1S/C20H15N3O6S2/c24-19-17-14(15-2-1-3-28-15)8-31-20(17)22-16(21-19)9-30-7-12-5-13(23(25)26)4-11-6-27-10-29-18(11)12/h1-5,8H,6-7,9-10H2,(H,21,22,24). The van der Waals surface area contributed by atoms with Crippen LogP contribution in [0.25, 0.3) is 21.5 Å². The molecule has 0 fully saturated rings. The Morgan fingerprint density at radius 3 is 3.03 bits per heavy atom. The molecule has 1 aliphatic rings. The van der Waals surface area contributed by atoms with E-state index in [0.717, 1.165) is 11.1 Å². The molecule has 0 spiro atoms. The number of aromatic amines is 1. The zero-order valence-electron chi connectivity index (χ0n) is 16.0. The third-order valence-electron chi connectivity index (χ3n) is 4.76. The largest absolute Gasteiger partial charge is 0.467 e. The summed E-state index contributed by atoms with van der Waals surface area (Å²) in [5.74, 6) is 2.70. The van der Waals surface area contributed by atoms with E-state index in [1.165, 1.54) is 35.2 Å². The number of hydrogen-bond acceptors (Lipinski definition) is 9. The summed E-state index contributed by atoms with van der Waals surface area (Å²) >= 11 is 2.87. The maximum Gasteiger partial charge on any atom is 0.270 e. The number of nitro benzene ring substituents is 1. The maximum atomic E-state index is 12.7. The molecule has 11 heteroatoms. The van der Waals surface area contributed by atoms with Gasteiger partial charge in [-0.05, 0) is 12.1 Å². The Hall–Kier alpha value is -3.15. The fourth-order valence-corrected chi connectivity index (χ4v) is 5.24. The molecule has 0 amide bonds. The third-order valence-corrected chi connectivity index (χ3v) is 6.62. The number of nitrogens with one attached hydrogen (secondary N) is 1. The Morgan fingerprint density at radius 2 is 2.23 bits per heavy atom. The number of nitro groups is 1. The van der Waals surface area contributed by atoms with Crippen molar-refractivity contribution in [3.63, 3.8) is 0 Å². The fourth-order valence-electron chi connectivity index (χ4n) is 3.43. The second-order valence-electron chi connectivity index (χ2n) is 6.77. The maximum absolute atomic E-state index is 12.7. The third kappa shape index (κ3) is 3.82. The first-order valence-corrected chi connectivity index (χ1v) is 11.3. The second kappa shape index (κ2) is 8.17. The Bertz CT molecular complexity index is 1330. The number of thiophene rings is 1. The van der Waals surface area contributed by atoms with E-state index in [1.807, 2.05) is 5.38 Å². The van der Waals surface area contributed by atoms with Crippen molar-refractivity contribution < 1.29 is 18.8 Å². The summed E-state index contributed by atoms with van der Waals surface area (Å²) < 4.78 is 16.2. The van der Waals surface area contributed by atoms with Gasteiger partial charge in [0.2, 0.25) is 0 Å². The van der Waals surface area contributed by atoms with Crippen LogP contribution in [0.1, 0.15) is 17.0 Å². The van der Waals surface area contributed by atoms with Crippen LogP contribution in [0.15, 0.2) is 45.1 Å². The number of benzene rings is 1. The number of non-ortho nitro benzene ring substituents is 1. The van der Waals surface area contributed by atoms with Crippen molar-refractivity contribution in [3.05, 3.63) is 73.3 Å². The lowest BCUT2D eigenvalue weighted by atomic mass is 10.1. The Morgan fingerprint density at radius 1 is 1.32 bits per heavy atom. The minimum atomic E-state index is -0.427. The molecule has 1 aromatic carbocycles. The van der Waals surface area contributed by atoms with Crippen LogP contribution >= 0.6 is 23.1 Å². The Labute approximate surface area is 183 Å². The summed E-state index contributed by atoms with van der Waals surface area (Å²) in [6, 6.07) is 6.57. The molecule has 0 saturated carbocycles. The van der Waals surface area contributed by atoms with E-state index < -0.39 is 4.92 Å². The van der Waals surface area contributed by atoms with Gasteiger partial charge in [-0.3, -0.25) is 14.9 Å². The molecule has 3 aromatic heterocycles. The smallest absolute Gasteiger partial charge is 0.270 e. The van der Waals surface area contributed by atoms with Gasteiger partial charge in [0.15, 0.2) is 6.79 Å². The molecule has 1 aliphatic heterocycles. The lowest BCUT2D eigenvalue weighted by molar-refractivity contribution is -0.385. The first-order chi connectivity index (χ1) is 15.1. The molecule has 4 aromatic rings. The van der Waals surface area contributed by atoms with Crippen molar-refractivity contribution in [2.45, 2.75) is 18.1 Å². The average Bonchev–Trinajstić information content (AvgIpc) is 3.43. The van der Waals surface area contributed by atoms with Gasteiger partial charge in [-0.2, -0.15) is 0 Å². The van der Waals surface area contributed by atoms with Crippen LogP contribution in [-0.2, 0) is 22.8 Å². The minimum Gasteiger partial charge on any atom is -0.467 e. The van der Waals surface area contributed by atoms with Gasteiger partial charge in [-0.15, -0.1) is 23.1 Å². The monoisotopic (exact) mass is 457 g/mol. The average molecular weight is 457 g/mol. The number of hydrogen-bond donors (Lipinski definition) is 1. The Balaban J connectivity index is 1.37. The predicted octanol–water partition coefficient (Wildman–Crippen LogP) is 4.45. The number of furan rings is 1. The Kier molecular flexibility index (Phi) is 5.22. The van der Waals surface area contributed by atoms with Gasteiger partial charge in [0.25, 0.3) is 11.2 Å². The molecule has 0 saturated heterocycles. The molecule has 0 aliphatic carbocycles. The van der Waals surface area contributed by atoms with Crippen molar-refractivity contribution in [2.75, 3.05) is 6.79 Å². The SMILES string of the molecule is O=c1[nH]c(CSCc2cc([N+](=O)[O-])cc3c2OCOC3)nc2scc(-c3ccco3)c12. The predicted molar refractivity (Wildman–Crippen MR) is 116 cm³/mol. The van der Waals surface area contributed by atoms with Crippen LogP contribution in [0.2, 0.25) is 0 Å². The molecule has 9 nitrogen and oxygen atoms in total. The van der Waals surface area contributed by atoms with Crippen LogP contribution in [0.3, 0.4) is 0 Å². The zero-order chi connectivity index (χ0) is 21.4. The van der Waals surface area contributed by atoms with Crippen molar-refractivity contribution in [3.8, 4) is 17.1 Å². The topological polar surface area (TPSA) is 120 Å². The first kappa shape index (κ1) is 19.8. The van der Waals surface area contributed by atoms with E-state index in [9.17, 15) is 14.9 Å². The van der Waals surface area contributed by atoms with Crippen molar-refractivity contribution in [1.82, 2.24) is 9.97 Å². The van der Waals surface area contributed by atoms with Crippen LogP contribution in [0.4, 0.5) is 5.69 Å². The number of rotatable bonds is 6. The quantitative estimate of drug-likeness (QED) is 0.333. The summed E-state index contributed by atoms with van der Waals surface area (Å²) in [5.41, 5.74) is 1.88. The number of fused-ring (bicyclic) bond motifs is 2. The van der Waals surface area contributed by atoms with Gasteiger partial charge < -0.3 is 18.9 Å². The second-order valence-corrected chi connectivity index (χ2v) is 8.62. The lowest BCUT2D eigenvalue weighted by Crippen LogP contribution is -2.13. The van der Waals surface area contributed by atoms with Crippen molar-refractivity contribution in [1.29, 1.82) is 0 Å². The number of nitrogens with zero attached hydrogens (tertiary/aromatic N) is 2. The number of H-pyrrole nitrogens is 1. The van der Waals surface area contributed by atoms with Gasteiger partial charge in [-0.25, -0.2) is 4.98 Å². The van der Waals surface area contributed by atoms with E-state index in [0.29, 0.717) is 44.6 Å². The van der Waals surface area contributed by atoms with Crippen molar-refractivity contribution >= 4 is 39.0 Å². The molecule has 0 bridgehead atoms. The lowest BCUT2D eigenvalue weighted by Gasteiger charge is -2.20. The summed E-state index contributed by atoms with van der Waals surface area (Å²) in [7, 11) is 0. The van der Waals surface area contributed by atoms with Gasteiger partial charge in [0.05, 0.1) is 28.9 Å². The molecular weight excluding hydrogens is 442 g/mol. The highest BCUT2D eigenvalue weighted by atomic mass is 32.2. The number of ether oxygens (including phenoxy) is 2. The molecule has 0 atom stereocenters. The normalized spacial score (nSPS) is 13.2. The van der Waals surface area contributed by atoms with Gasteiger partial charge >= 0.3 is 0 Å². The molecule has 4 heterocycles. The van der Waals surface area contributed by atoms with Gasteiger partial charge in [-0.1, -0.05) is 0 Å². The van der Waals surface area contributed by atoms with E-state index in [2.05, 4.69) is 9.97 Å². The zero-order valence-corrected chi connectivity index (χ0v) is 17.6. The van der Waals surface area contributed by atoms with Gasteiger partial charge in [0.1, 0.15) is 22.2 Å². The highest BCUT2D eigenvalue weighted by Gasteiger charge is 2.21.